The van der Waals surface area contributed by atoms with Crippen molar-refractivity contribution >= 4 is 27.4 Å². The van der Waals surface area contributed by atoms with Gasteiger partial charge in [0.2, 0.25) is 0 Å². The van der Waals surface area contributed by atoms with E-state index in [1.165, 1.54) is 0 Å². The van der Waals surface area contributed by atoms with Crippen molar-refractivity contribution in [1.82, 2.24) is 10.3 Å². The maximum atomic E-state index is 12.3. The van der Waals surface area contributed by atoms with Crippen LogP contribution in [0.5, 0.6) is 0 Å². The van der Waals surface area contributed by atoms with Gasteiger partial charge in [-0.15, -0.1) is 0 Å². The van der Waals surface area contributed by atoms with E-state index in [0.29, 0.717) is 12.3 Å². The minimum Gasteiger partial charge on any atom is -0.338 e. The van der Waals surface area contributed by atoms with Crippen molar-refractivity contribution < 1.29 is 8.42 Å². The average molecular weight is 329 g/mol. The van der Waals surface area contributed by atoms with Gasteiger partial charge in [0.25, 0.3) is 0 Å². The summed E-state index contributed by atoms with van der Waals surface area (Å²) in [5.74, 6) is 2.50. The van der Waals surface area contributed by atoms with Gasteiger partial charge in [-0.3, -0.25) is 0 Å². The van der Waals surface area contributed by atoms with E-state index in [-0.39, 0.29) is 5.75 Å². The number of nitrogens with one attached hydrogen (secondary N) is 1. The number of pyridine rings is 1. The van der Waals surface area contributed by atoms with Crippen molar-refractivity contribution in [3.63, 3.8) is 0 Å². The lowest BCUT2D eigenvalue weighted by atomic mass is 10.3. The Morgan fingerprint density at radius 3 is 2.95 bits per heavy atom. The second-order valence-corrected chi connectivity index (χ2v) is 8.54. The zero-order chi connectivity index (χ0) is 15.3. The molecule has 7 heteroatoms. The number of hydrogen-bond donors (Lipinski definition) is 1. The van der Waals surface area contributed by atoms with Gasteiger partial charge in [-0.25, -0.2) is 13.4 Å². The summed E-state index contributed by atoms with van der Waals surface area (Å²) >= 11 is 1.70. The van der Waals surface area contributed by atoms with Crippen LogP contribution in [0.4, 0.5) is 5.82 Å². The fourth-order valence-electron chi connectivity index (χ4n) is 2.31. The predicted molar refractivity (Wildman–Crippen MR) is 89.5 cm³/mol. The highest BCUT2D eigenvalue weighted by atomic mass is 32.2. The number of nitrogens with zero attached hydrogens (tertiary/aromatic N) is 2. The zero-order valence-corrected chi connectivity index (χ0v) is 14.2. The lowest BCUT2D eigenvalue weighted by molar-refractivity contribution is 0.578. The summed E-state index contributed by atoms with van der Waals surface area (Å²) in [6.45, 7) is 6.08. The first-order chi connectivity index (χ1) is 10.1. The summed E-state index contributed by atoms with van der Waals surface area (Å²) in [5.41, 5.74) is 0.945. The predicted octanol–water partition coefficient (Wildman–Crippen LogP) is 1.51. The molecule has 1 atom stereocenters. The van der Waals surface area contributed by atoms with Gasteiger partial charge in [-0.2, -0.15) is 11.8 Å². The molecule has 21 heavy (non-hydrogen) atoms. The van der Waals surface area contributed by atoms with E-state index in [1.807, 2.05) is 23.1 Å². The van der Waals surface area contributed by atoms with Crippen LogP contribution in [-0.2, 0) is 16.4 Å². The number of rotatable bonds is 6. The minimum absolute atomic E-state index is 0.172. The van der Waals surface area contributed by atoms with Crippen molar-refractivity contribution in [2.75, 3.05) is 35.2 Å². The monoisotopic (exact) mass is 329 g/mol. The van der Waals surface area contributed by atoms with Crippen molar-refractivity contribution in [2.45, 2.75) is 25.8 Å². The van der Waals surface area contributed by atoms with Crippen LogP contribution in [0.25, 0.3) is 0 Å². The molecule has 0 saturated carbocycles. The van der Waals surface area contributed by atoms with Crippen molar-refractivity contribution in [2.24, 2.45) is 0 Å². The summed E-state index contributed by atoms with van der Waals surface area (Å²) in [6.07, 6.45) is 0. The number of hydrogen-bond acceptors (Lipinski definition) is 6. The van der Waals surface area contributed by atoms with Gasteiger partial charge in [0.1, 0.15) is 11.2 Å². The molecule has 0 radical (unpaired) electrons. The molecule has 2 heterocycles. The molecule has 1 aliphatic rings. The van der Waals surface area contributed by atoms with Gasteiger partial charge in [0.05, 0.1) is 5.69 Å². The average Bonchev–Trinajstić information content (AvgIpc) is 2.53. The molecule has 1 aliphatic heterocycles. The van der Waals surface area contributed by atoms with Gasteiger partial charge >= 0.3 is 0 Å². The Morgan fingerprint density at radius 2 is 2.24 bits per heavy atom. The molecule has 0 aromatic carbocycles. The molecule has 1 saturated heterocycles. The molecule has 2 rings (SSSR count). The standard InChI is InChI=1S/C14H23N3O2S2/c1-3-15-10-12-6-5-7-13(16-12)17-8-9-20-11-14(17)21(18,19)4-2/h5-7,14-15H,3-4,8-11H2,1-2H3. The molecule has 118 valence electrons. The first kappa shape index (κ1) is 16.6. The third-order valence-corrected chi connectivity index (χ3v) is 6.83. The molecule has 1 aromatic heterocycles. The third kappa shape index (κ3) is 4.11. The summed E-state index contributed by atoms with van der Waals surface area (Å²) < 4.78 is 24.6. The molecule has 1 N–H and O–H groups in total. The summed E-state index contributed by atoms with van der Waals surface area (Å²) in [7, 11) is -3.10. The molecular weight excluding hydrogens is 306 g/mol. The molecular formula is C14H23N3O2S2. The molecule has 1 unspecified atom stereocenters. The van der Waals surface area contributed by atoms with E-state index >= 15 is 0 Å². The Bertz CT molecular complexity index is 563. The summed E-state index contributed by atoms with van der Waals surface area (Å²) in [5, 5.41) is 2.79. The Hall–Kier alpha value is -0.790. The summed E-state index contributed by atoms with van der Waals surface area (Å²) in [6, 6.07) is 5.82. The smallest absolute Gasteiger partial charge is 0.171 e. The van der Waals surface area contributed by atoms with Crippen LogP contribution in [0, 0.1) is 0 Å². The topological polar surface area (TPSA) is 62.3 Å². The highest BCUT2D eigenvalue weighted by Crippen LogP contribution is 2.26. The first-order valence-electron chi connectivity index (χ1n) is 7.31. The van der Waals surface area contributed by atoms with E-state index in [4.69, 9.17) is 0 Å². The molecule has 1 fully saturated rings. The molecule has 0 bridgehead atoms. The number of sulfone groups is 1. The van der Waals surface area contributed by atoms with Crippen LogP contribution < -0.4 is 10.2 Å². The number of aromatic nitrogens is 1. The van der Waals surface area contributed by atoms with E-state index in [9.17, 15) is 8.42 Å². The fourth-order valence-corrected chi connectivity index (χ4v) is 5.29. The zero-order valence-electron chi connectivity index (χ0n) is 12.6. The molecule has 0 amide bonds. The lowest BCUT2D eigenvalue weighted by Crippen LogP contribution is -2.48. The van der Waals surface area contributed by atoms with Crippen LogP contribution in [-0.4, -0.2) is 49.1 Å². The fraction of sp³-hybridized carbons (Fsp3) is 0.643. The largest absolute Gasteiger partial charge is 0.338 e. The van der Waals surface area contributed by atoms with Gasteiger partial charge in [-0.05, 0) is 18.7 Å². The van der Waals surface area contributed by atoms with Crippen molar-refractivity contribution in [1.29, 1.82) is 0 Å². The maximum absolute atomic E-state index is 12.3. The van der Waals surface area contributed by atoms with Crippen LogP contribution in [0.1, 0.15) is 19.5 Å². The Morgan fingerprint density at radius 1 is 1.43 bits per heavy atom. The van der Waals surface area contributed by atoms with Crippen molar-refractivity contribution in [3.05, 3.63) is 23.9 Å². The number of anilines is 1. The highest BCUT2D eigenvalue weighted by Gasteiger charge is 2.33. The maximum Gasteiger partial charge on any atom is 0.171 e. The summed E-state index contributed by atoms with van der Waals surface area (Å²) in [4.78, 5) is 6.57. The molecule has 5 nitrogen and oxygen atoms in total. The van der Waals surface area contributed by atoms with Gasteiger partial charge in [0, 0.05) is 30.3 Å². The van der Waals surface area contributed by atoms with Gasteiger partial charge < -0.3 is 10.2 Å². The Balaban J connectivity index is 2.25. The first-order valence-corrected chi connectivity index (χ1v) is 10.2. The molecule has 1 aromatic rings. The van der Waals surface area contributed by atoms with Crippen molar-refractivity contribution in [3.8, 4) is 0 Å². The second-order valence-electron chi connectivity index (χ2n) is 4.94. The van der Waals surface area contributed by atoms with E-state index in [1.54, 1.807) is 18.7 Å². The second kappa shape index (κ2) is 7.47. The van der Waals surface area contributed by atoms with Crippen LogP contribution >= 0.6 is 11.8 Å². The number of thioether (sulfide) groups is 1. The molecule has 0 aliphatic carbocycles. The van der Waals surface area contributed by atoms with Gasteiger partial charge in [-0.1, -0.05) is 19.9 Å². The Kier molecular flexibility index (Phi) is 5.89. The van der Waals surface area contributed by atoms with Crippen LogP contribution in [0.2, 0.25) is 0 Å². The normalized spacial score (nSPS) is 19.7. The van der Waals surface area contributed by atoms with Crippen LogP contribution in [0.3, 0.4) is 0 Å². The highest BCUT2D eigenvalue weighted by molar-refractivity contribution is 8.01. The SMILES string of the molecule is CCNCc1cccc(N2CCSCC2S(=O)(=O)CC)n1. The Labute approximate surface area is 131 Å². The molecule has 0 spiro atoms. The van der Waals surface area contributed by atoms with Gasteiger partial charge in [0.15, 0.2) is 9.84 Å². The van der Waals surface area contributed by atoms with E-state index in [2.05, 4.69) is 17.2 Å². The minimum atomic E-state index is -3.10. The third-order valence-electron chi connectivity index (χ3n) is 3.54. The van der Waals surface area contributed by atoms with E-state index in [0.717, 1.165) is 30.4 Å². The van der Waals surface area contributed by atoms with E-state index < -0.39 is 15.2 Å². The lowest BCUT2D eigenvalue weighted by Gasteiger charge is -2.35. The van der Waals surface area contributed by atoms with Crippen LogP contribution in [0.15, 0.2) is 18.2 Å². The quantitative estimate of drug-likeness (QED) is 0.853.